The predicted octanol–water partition coefficient (Wildman–Crippen LogP) is 5.61. The molecule has 0 saturated carbocycles. The molecule has 0 bridgehead atoms. The van der Waals surface area contributed by atoms with E-state index < -0.39 is 11.9 Å². The Morgan fingerprint density at radius 3 is 2.29 bits per heavy atom. The highest BCUT2D eigenvalue weighted by Gasteiger charge is 2.24. The Morgan fingerprint density at radius 2 is 1.63 bits per heavy atom. The third-order valence-corrected chi connectivity index (χ3v) is 6.93. The number of phenolic OH excluding ortho intramolecular Hbond substituents is 1. The number of furan rings is 1. The Morgan fingerprint density at radius 1 is 0.943 bits per heavy atom. The summed E-state index contributed by atoms with van der Waals surface area (Å²) in [4.78, 5) is 37.2. The van der Waals surface area contributed by atoms with Crippen LogP contribution in [0.5, 0.6) is 11.5 Å². The lowest BCUT2D eigenvalue weighted by molar-refractivity contribution is -0.118. The van der Waals surface area contributed by atoms with Crippen LogP contribution in [0, 0.1) is 7.14 Å². The zero-order valence-electron chi connectivity index (χ0n) is 18.2. The highest BCUT2D eigenvalue weighted by Crippen LogP contribution is 2.34. The van der Waals surface area contributed by atoms with E-state index in [4.69, 9.17) is 14.9 Å². The van der Waals surface area contributed by atoms with Crippen LogP contribution >= 0.6 is 45.2 Å². The van der Waals surface area contributed by atoms with Gasteiger partial charge in [0.25, 0.3) is 0 Å². The number of carbonyl (C=O) groups is 3. The van der Waals surface area contributed by atoms with Crippen molar-refractivity contribution in [2.75, 3.05) is 0 Å². The highest BCUT2D eigenvalue weighted by atomic mass is 127. The summed E-state index contributed by atoms with van der Waals surface area (Å²) < 4.78 is 12.6. The van der Waals surface area contributed by atoms with Crippen molar-refractivity contribution in [2.45, 2.75) is 19.3 Å². The number of rotatable bonds is 8. The van der Waals surface area contributed by atoms with Crippen molar-refractivity contribution in [3.63, 3.8) is 0 Å². The topological polar surface area (TPSA) is 120 Å². The Hall–Kier alpha value is -2.93. The number of nitrogens with two attached hydrogens (primary N) is 1. The van der Waals surface area contributed by atoms with Crippen LogP contribution < -0.4 is 10.5 Å². The Balaban J connectivity index is 1.73. The zero-order valence-corrected chi connectivity index (χ0v) is 22.5. The number of phenols is 1. The second-order valence-corrected chi connectivity index (χ2v) is 10.1. The minimum atomic E-state index is -0.511. The number of benzene rings is 3. The first-order valence-corrected chi connectivity index (χ1v) is 12.7. The van der Waals surface area contributed by atoms with E-state index in [2.05, 4.69) is 0 Å². The molecule has 35 heavy (non-hydrogen) atoms. The molecule has 178 valence electrons. The number of halogens is 2. The maximum absolute atomic E-state index is 13.6. The first kappa shape index (κ1) is 25.2. The average molecular weight is 695 g/mol. The Labute approximate surface area is 227 Å². The molecule has 0 aliphatic rings. The molecule has 4 aromatic rings. The molecule has 0 aliphatic heterocycles. The van der Waals surface area contributed by atoms with E-state index in [0.717, 1.165) is 0 Å². The van der Waals surface area contributed by atoms with Gasteiger partial charge in [0.05, 0.1) is 18.3 Å². The van der Waals surface area contributed by atoms with E-state index >= 15 is 0 Å². The molecule has 9 heteroatoms. The number of hydrogen-bond donors (Lipinski definition) is 2. The van der Waals surface area contributed by atoms with E-state index in [1.807, 2.05) is 45.2 Å². The molecular weight excluding hydrogens is 676 g/mol. The van der Waals surface area contributed by atoms with Crippen LogP contribution in [-0.2, 0) is 11.2 Å². The number of ether oxygens (including phenoxy) is 1. The van der Waals surface area contributed by atoms with Gasteiger partial charge in [-0.05, 0) is 88.0 Å². The second kappa shape index (κ2) is 10.8. The molecular formula is C26H19I2NO6. The van der Waals surface area contributed by atoms with Crippen molar-refractivity contribution in [3.05, 3.63) is 90.3 Å². The van der Waals surface area contributed by atoms with Crippen LogP contribution in [0.4, 0.5) is 0 Å². The van der Waals surface area contributed by atoms with Gasteiger partial charge in [0.15, 0.2) is 5.78 Å². The number of fused-ring (bicyclic) bond motifs is 1. The van der Waals surface area contributed by atoms with Gasteiger partial charge in [-0.2, -0.15) is 0 Å². The Kier molecular flexibility index (Phi) is 7.75. The number of ketones is 1. The standard InChI is InChI=1S/C26H19I2NO6/c27-18-11-15(12-19(28)25(18)32)24(31)23-17-10-9-16(34-26(33)14-5-2-1-3-6-14)13-21(17)35-20(23)7-4-8-22(29)30/h1-3,5-6,9-13,32H,4,7-8H2,(H2,29,30). The van der Waals surface area contributed by atoms with Gasteiger partial charge >= 0.3 is 5.97 Å². The maximum Gasteiger partial charge on any atom is 0.343 e. The second-order valence-electron chi connectivity index (χ2n) is 7.75. The fourth-order valence-corrected chi connectivity index (χ4v) is 5.39. The van der Waals surface area contributed by atoms with Gasteiger partial charge < -0.3 is 20.0 Å². The first-order valence-electron chi connectivity index (χ1n) is 10.6. The van der Waals surface area contributed by atoms with Gasteiger partial charge in [0.2, 0.25) is 5.91 Å². The molecule has 1 heterocycles. The molecule has 0 radical (unpaired) electrons. The average Bonchev–Trinajstić information content (AvgIpc) is 3.19. The molecule has 0 aliphatic carbocycles. The molecule has 0 unspecified atom stereocenters. The number of esters is 1. The van der Waals surface area contributed by atoms with Gasteiger partial charge in [0.1, 0.15) is 22.8 Å². The number of primary amides is 1. The highest BCUT2D eigenvalue weighted by molar-refractivity contribution is 14.1. The summed E-state index contributed by atoms with van der Waals surface area (Å²) in [6.07, 6.45) is 0.889. The molecule has 0 saturated heterocycles. The minimum absolute atomic E-state index is 0.117. The van der Waals surface area contributed by atoms with Crippen molar-refractivity contribution in [1.29, 1.82) is 0 Å². The SMILES string of the molecule is NC(=O)CCCc1oc2cc(OC(=O)c3ccccc3)ccc2c1C(=O)c1cc(I)c(O)c(I)c1. The van der Waals surface area contributed by atoms with E-state index in [9.17, 15) is 19.5 Å². The summed E-state index contributed by atoms with van der Waals surface area (Å²) >= 11 is 3.95. The molecule has 7 nitrogen and oxygen atoms in total. The Bertz CT molecular complexity index is 1420. The van der Waals surface area contributed by atoms with Gasteiger partial charge in [-0.15, -0.1) is 0 Å². The van der Waals surface area contributed by atoms with Crippen molar-refractivity contribution >= 4 is 73.8 Å². The molecule has 1 amide bonds. The van der Waals surface area contributed by atoms with Gasteiger partial charge in [-0.1, -0.05) is 18.2 Å². The summed E-state index contributed by atoms with van der Waals surface area (Å²) in [5, 5.41) is 10.6. The molecule has 0 spiro atoms. The molecule has 3 aromatic carbocycles. The fourth-order valence-electron chi connectivity index (χ4n) is 3.62. The van der Waals surface area contributed by atoms with Crippen LogP contribution in [0.2, 0.25) is 0 Å². The van der Waals surface area contributed by atoms with Crippen molar-refractivity contribution in [3.8, 4) is 11.5 Å². The zero-order chi connectivity index (χ0) is 25.1. The number of hydrogen-bond acceptors (Lipinski definition) is 6. The van der Waals surface area contributed by atoms with Gasteiger partial charge in [0, 0.05) is 29.9 Å². The third kappa shape index (κ3) is 5.67. The normalized spacial score (nSPS) is 10.9. The maximum atomic E-state index is 13.6. The van der Waals surface area contributed by atoms with Crippen LogP contribution in [0.25, 0.3) is 11.0 Å². The number of amides is 1. The van der Waals surface area contributed by atoms with E-state index in [1.54, 1.807) is 60.7 Å². The summed E-state index contributed by atoms with van der Waals surface area (Å²) in [5.41, 5.74) is 6.82. The van der Waals surface area contributed by atoms with Crippen molar-refractivity contribution in [1.82, 2.24) is 0 Å². The van der Waals surface area contributed by atoms with Crippen molar-refractivity contribution < 1.29 is 28.6 Å². The lowest BCUT2D eigenvalue weighted by Gasteiger charge is -2.07. The first-order chi connectivity index (χ1) is 16.7. The summed E-state index contributed by atoms with van der Waals surface area (Å²) in [5.74, 6) is -0.420. The van der Waals surface area contributed by atoms with Gasteiger partial charge in [-0.25, -0.2) is 4.79 Å². The van der Waals surface area contributed by atoms with Crippen molar-refractivity contribution in [2.24, 2.45) is 5.73 Å². The predicted molar refractivity (Wildman–Crippen MR) is 147 cm³/mol. The molecule has 0 fully saturated rings. The minimum Gasteiger partial charge on any atom is -0.506 e. The smallest absolute Gasteiger partial charge is 0.343 e. The number of aryl methyl sites for hydroxylation is 1. The number of carbonyl (C=O) groups excluding carboxylic acids is 3. The van der Waals surface area contributed by atoms with Crippen LogP contribution in [0.3, 0.4) is 0 Å². The van der Waals surface area contributed by atoms with E-state index in [-0.39, 0.29) is 23.7 Å². The lowest BCUT2D eigenvalue weighted by Crippen LogP contribution is -2.11. The summed E-state index contributed by atoms with van der Waals surface area (Å²) in [7, 11) is 0. The molecule has 0 atom stereocenters. The summed E-state index contributed by atoms with van der Waals surface area (Å²) in [6, 6.07) is 16.7. The lowest BCUT2D eigenvalue weighted by atomic mass is 9.98. The number of aromatic hydroxyl groups is 1. The molecule has 4 rings (SSSR count). The van der Waals surface area contributed by atoms with Crippen LogP contribution in [0.15, 0.2) is 65.1 Å². The summed E-state index contributed by atoms with van der Waals surface area (Å²) in [6.45, 7) is 0. The van der Waals surface area contributed by atoms with E-state index in [0.29, 0.717) is 53.4 Å². The molecule has 1 aromatic heterocycles. The molecule has 3 N–H and O–H groups in total. The largest absolute Gasteiger partial charge is 0.506 e. The van der Waals surface area contributed by atoms with Crippen LogP contribution in [0.1, 0.15) is 44.9 Å². The quantitative estimate of drug-likeness (QED) is 0.107. The van der Waals surface area contributed by atoms with E-state index in [1.165, 1.54) is 0 Å². The third-order valence-electron chi connectivity index (χ3n) is 5.29. The van der Waals surface area contributed by atoms with Gasteiger partial charge in [-0.3, -0.25) is 9.59 Å². The monoisotopic (exact) mass is 695 g/mol. The fraction of sp³-hybridized carbons (Fsp3) is 0.115. The van der Waals surface area contributed by atoms with Crippen LogP contribution in [-0.4, -0.2) is 22.8 Å².